The number of benzene rings is 1. The number of rotatable bonds is 3. The lowest BCUT2D eigenvalue weighted by atomic mass is 10.1. The molecule has 0 spiro atoms. The highest BCUT2D eigenvalue weighted by molar-refractivity contribution is 9.11. The fourth-order valence-electron chi connectivity index (χ4n) is 2.72. The van der Waals surface area contributed by atoms with Crippen LogP contribution < -0.4 is 5.32 Å². The number of aromatic nitrogens is 3. The van der Waals surface area contributed by atoms with Crippen LogP contribution in [0.25, 0.3) is 11.0 Å². The Balaban J connectivity index is 2.11. The van der Waals surface area contributed by atoms with Crippen LogP contribution in [0.1, 0.15) is 28.7 Å². The van der Waals surface area contributed by atoms with E-state index >= 15 is 0 Å². The number of fused-ring (bicyclic) bond motifs is 1. The highest BCUT2D eigenvalue weighted by atomic mass is 79.9. The molecule has 1 aromatic carbocycles. The van der Waals surface area contributed by atoms with Gasteiger partial charge in [-0.1, -0.05) is 15.9 Å². The molecule has 3 rings (SSSR count). The van der Waals surface area contributed by atoms with Crippen LogP contribution in [0.2, 0.25) is 0 Å². The summed E-state index contributed by atoms with van der Waals surface area (Å²) in [6, 6.07) is 4.66. The molecule has 0 aliphatic carbocycles. The fraction of sp³-hybridized carbons (Fsp3) is 0.235. The Morgan fingerprint density at radius 2 is 2.00 bits per heavy atom. The molecule has 0 saturated heterocycles. The number of aryl methyl sites for hydroxylation is 3. The summed E-state index contributed by atoms with van der Waals surface area (Å²) in [5, 5.41) is 7.76. The number of nitrogens with one attached hydrogen (secondary N) is 1. The van der Waals surface area contributed by atoms with Crippen molar-refractivity contribution in [2.24, 2.45) is 0 Å². The predicted molar refractivity (Wildman–Crippen MR) is 102 cm³/mol. The molecule has 0 unspecified atom stereocenters. The number of carbonyl (C=O) groups excluding carboxylic acids is 1. The molecule has 25 heavy (non-hydrogen) atoms. The van der Waals surface area contributed by atoms with Crippen LogP contribution in [0, 0.1) is 19.7 Å². The number of hydrogen-bond donors (Lipinski definition) is 1. The second-order valence-corrected chi connectivity index (χ2v) is 7.38. The van der Waals surface area contributed by atoms with Gasteiger partial charge >= 0.3 is 0 Å². The normalized spacial score (nSPS) is 11.1. The minimum absolute atomic E-state index is 0.0938. The van der Waals surface area contributed by atoms with E-state index in [0.29, 0.717) is 43.5 Å². The molecular weight excluding hydrogens is 455 g/mol. The van der Waals surface area contributed by atoms with Gasteiger partial charge in [-0.25, -0.2) is 14.1 Å². The van der Waals surface area contributed by atoms with Crippen LogP contribution >= 0.6 is 31.9 Å². The van der Waals surface area contributed by atoms with E-state index < -0.39 is 11.7 Å². The highest BCUT2D eigenvalue weighted by Crippen LogP contribution is 2.31. The molecule has 0 aliphatic heterocycles. The lowest BCUT2D eigenvalue weighted by Crippen LogP contribution is -2.15. The van der Waals surface area contributed by atoms with Gasteiger partial charge < -0.3 is 5.32 Å². The van der Waals surface area contributed by atoms with Gasteiger partial charge in [0.15, 0.2) is 5.65 Å². The van der Waals surface area contributed by atoms with E-state index in [-0.39, 0.29) is 5.69 Å². The number of pyridine rings is 1. The van der Waals surface area contributed by atoms with E-state index in [1.54, 1.807) is 16.8 Å². The summed E-state index contributed by atoms with van der Waals surface area (Å²) >= 11 is 6.50. The van der Waals surface area contributed by atoms with Crippen LogP contribution in [0.3, 0.4) is 0 Å². The van der Waals surface area contributed by atoms with Gasteiger partial charge in [0, 0.05) is 21.2 Å². The van der Waals surface area contributed by atoms with Crippen LogP contribution in [-0.4, -0.2) is 20.7 Å². The molecule has 2 heterocycles. The zero-order valence-electron chi connectivity index (χ0n) is 13.8. The van der Waals surface area contributed by atoms with Gasteiger partial charge in [0.2, 0.25) is 0 Å². The lowest BCUT2D eigenvalue weighted by Gasteiger charge is -2.11. The number of halogens is 3. The van der Waals surface area contributed by atoms with Crippen molar-refractivity contribution in [3.63, 3.8) is 0 Å². The summed E-state index contributed by atoms with van der Waals surface area (Å²) in [6.07, 6.45) is 0. The zero-order valence-corrected chi connectivity index (χ0v) is 17.0. The number of nitrogens with zero attached hydrogens (tertiary/aromatic N) is 3. The fourth-order valence-corrected chi connectivity index (χ4v) is 3.99. The Hall–Kier alpha value is -1.80. The Bertz CT molecular complexity index is 977. The maximum atomic E-state index is 14.2. The topological polar surface area (TPSA) is 59.8 Å². The van der Waals surface area contributed by atoms with E-state index in [2.05, 4.69) is 47.3 Å². The van der Waals surface area contributed by atoms with Crippen molar-refractivity contribution in [3.05, 3.63) is 49.9 Å². The quantitative estimate of drug-likeness (QED) is 0.588. The number of hydrogen-bond acceptors (Lipinski definition) is 3. The van der Waals surface area contributed by atoms with Crippen LogP contribution in [0.15, 0.2) is 27.1 Å². The third-order valence-electron chi connectivity index (χ3n) is 3.79. The van der Waals surface area contributed by atoms with Crippen LogP contribution in [-0.2, 0) is 6.54 Å². The van der Waals surface area contributed by atoms with Crippen LogP contribution in [0.5, 0.6) is 0 Å². The van der Waals surface area contributed by atoms with Crippen molar-refractivity contribution in [3.8, 4) is 0 Å². The predicted octanol–water partition coefficient (Wildman–Crippen LogP) is 4.98. The minimum Gasteiger partial charge on any atom is -0.319 e. The average Bonchev–Trinajstić information content (AvgIpc) is 2.85. The van der Waals surface area contributed by atoms with Crippen molar-refractivity contribution in [1.82, 2.24) is 14.8 Å². The molecule has 1 amide bonds. The summed E-state index contributed by atoms with van der Waals surface area (Å²) < 4.78 is 17.0. The standard InChI is InChI=1S/C17H15Br2FN4O/c1-4-24-16-14(9(3)23-24)11(5-8(2)21-16)17(25)22-15-12(19)6-10(18)7-13(15)20/h5-7H,4H2,1-3H3,(H,22,25). The molecule has 0 radical (unpaired) electrons. The van der Waals surface area contributed by atoms with E-state index in [1.807, 2.05) is 20.8 Å². The maximum absolute atomic E-state index is 14.2. The highest BCUT2D eigenvalue weighted by Gasteiger charge is 2.20. The Kier molecular flexibility index (Phi) is 4.92. The number of amides is 1. The van der Waals surface area contributed by atoms with Gasteiger partial charge in [0.1, 0.15) is 5.82 Å². The zero-order chi connectivity index (χ0) is 18.3. The molecule has 1 N–H and O–H groups in total. The molecule has 0 atom stereocenters. The third-order valence-corrected chi connectivity index (χ3v) is 4.88. The average molecular weight is 470 g/mol. The first-order chi connectivity index (χ1) is 11.8. The summed E-state index contributed by atoms with van der Waals surface area (Å²) in [6.45, 7) is 6.26. The van der Waals surface area contributed by atoms with E-state index in [4.69, 9.17) is 0 Å². The second kappa shape index (κ2) is 6.84. The van der Waals surface area contributed by atoms with Gasteiger partial charge in [0.25, 0.3) is 5.91 Å². The number of anilines is 1. The summed E-state index contributed by atoms with van der Waals surface area (Å²) in [7, 11) is 0. The van der Waals surface area contributed by atoms with Crippen molar-refractivity contribution in [1.29, 1.82) is 0 Å². The molecule has 5 nitrogen and oxygen atoms in total. The van der Waals surface area contributed by atoms with Gasteiger partial charge in [-0.15, -0.1) is 0 Å². The molecule has 0 bridgehead atoms. The first kappa shape index (κ1) is 18.0. The Labute approximate surface area is 160 Å². The Morgan fingerprint density at radius 3 is 2.64 bits per heavy atom. The van der Waals surface area contributed by atoms with Crippen molar-refractivity contribution in [2.75, 3.05) is 5.32 Å². The van der Waals surface area contributed by atoms with Gasteiger partial charge in [0.05, 0.1) is 22.3 Å². The molecule has 130 valence electrons. The van der Waals surface area contributed by atoms with Gasteiger partial charge in [-0.2, -0.15) is 5.10 Å². The summed E-state index contributed by atoms with van der Waals surface area (Å²) in [4.78, 5) is 17.3. The van der Waals surface area contributed by atoms with Gasteiger partial charge in [-0.05, 0) is 54.9 Å². The first-order valence-electron chi connectivity index (χ1n) is 7.62. The van der Waals surface area contributed by atoms with Crippen molar-refractivity contribution >= 4 is 54.5 Å². The van der Waals surface area contributed by atoms with Crippen molar-refractivity contribution < 1.29 is 9.18 Å². The molecule has 3 aromatic rings. The van der Waals surface area contributed by atoms with E-state index in [0.717, 1.165) is 0 Å². The third kappa shape index (κ3) is 3.32. The summed E-state index contributed by atoms with van der Waals surface area (Å²) in [5.41, 5.74) is 2.58. The molecule has 2 aromatic heterocycles. The smallest absolute Gasteiger partial charge is 0.256 e. The largest absolute Gasteiger partial charge is 0.319 e. The monoisotopic (exact) mass is 468 g/mol. The molecule has 0 fully saturated rings. The molecule has 0 saturated carbocycles. The molecule has 0 aliphatic rings. The number of carbonyl (C=O) groups is 1. The minimum atomic E-state index is -0.530. The second-order valence-electron chi connectivity index (χ2n) is 5.61. The van der Waals surface area contributed by atoms with E-state index in [9.17, 15) is 9.18 Å². The lowest BCUT2D eigenvalue weighted by molar-refractivity contribution is 0.102. The summed E-state index contributed by atoms with van der Waals surface area (Å²) in [5.74, 6) is -0.936. The van der Waals surface area contributed by atoms with Crippen molar-refractivity contribution in [2.45, 2.75) is 27.3 Å². The van der Waals surface area contributed by atoms with Crippen LogP contribution in [0.4, 0.5) is 10.1 Å². The van der Waals surface area contributed by atoms with Gasteiger partial charge in [-0.3, -0.25) is 4.79 Å². The maximum Gasteiger partial charge on any atom is 0.256 e. The SMILES string of the molecule is CCn1nc(C)c2c(C(=O)Nc3c(F)cc(Br)cc3Br)cc(C)nc21. The Morgan fingerprint density at radius 1 is 1.28 bits per heavy atom. The molecule has 8 heteroatoms. The molecular formula is C17H15Br2FN4O. The first-order valence-corrected chi connectivity index (χ1v) is 9.21. The van der Waals surface area contributed by atoms with E-state index in [1.165, 1.54) is 6.07 Å².